The molecule has 0 aliphatic carbocycles. The molecule has 0 saturated carbocycles. The zero-order valence-corrected chi connectivity index (χ0v) is 21.8. The van der Waals surface area contributed by atoms with Gasteiger partial charge in [0.15, 0.2) is 5.78 Å². The number of carbonyl (C=O) groups is 4. The van der Waals surface area contributed by atoms with E-state index in [-0.39, 0.29) is 18.6 Å². The molecule has 5 N–H and O–H groups in total. The average Bonchev–Trinajstić information content (AvgIpc) is 3.22. The third-order valence-corrected chi connectivity index (χ3v) is 6.46. The molecule has 0 unspecified atom stereocenters. The number of hydrogen-bond donors (Lipinski definition) is 4. The van der Waals surface area contributed by atoms with Crippen molar-refractivity contribution in [2.24, 2.45) is 17.6 Å². The van der Waals surface area contributed by atoms with Crippen LogP contribution in [-0.4, -0.2) is 54.9 Å². The summed E-state index contributed by atoms with van der Waals surface area (Å²) in [5.74, 6) is -4.39. The van der Waals surface area contributed by atoms with Crippen LogP contribution < -0.4 is 11.1 Å². The first-order valence-electron chi connectivity index (χ1n) is 11.7. The van der Waals surface area contributed by atoms with Gasteiger partial charge in [-0.2, -0.15) is 0 Å². The van der Waals surface area contributed by atoms with Crippen molar-refractivity contribution in [1.29, 1.82) is 0 Å². The summed E-state index contributed by atoms with van der Waals surface area (Å²) in [6.07, 6.45) is 1.58. The van der Waals surface area contributed by atoms with Crippen molar-refractivity contribution in [3.8, 4) is 0 Å². The number of carbonyl (C=O) groups excluding carboxylic acids is 4. The van der Waals surface area contributed by atoms with E-state index in [1.54, 1.807) is 12.5 Å². The second-order valence-electron chi connectivity index (χ2n) is 9.02. The Hall–Kier alpha value is -3.18. The number of Topliss-reactive ketones (excluding diaryl/α,β-unsaturated/α-hetero) is 2. The van der Waals surface area contributed by atoms with Gasteiger partial charge < -0.3 is 30.2 Å². The number of ketones is 2. The lowest BCUT2D eigenvalue weighted by atomic mass is 9.93. The Bertz CT molecular complexity index is 1150. The van der Waals surface area contributed by atoms with E-state index in [0.717, 1.165) is 11.3 Å². The van der Waals surface area contributed by atoms with E-state index in [1.165, 1.54) is 20.8 Å². The van der Waals surface area contributed by atoms with Crippen molar-refractivity contribution < 1.29 is 38.1 Å². The number of primary amides is 1. The topological polar surface area (TPSA) is 191 Å². The van der Waals surface area contributed by atoms with Gasteiger partial charge in [0.25, 0.3) is 0 Å². The third kappa shape index (κ3) is 10.0. The molecule has 0 aliphatic heterocycles. The van der Waals surface area contributed by atoms with Crippen LogP contribution >= 0.6 is 7.82 Å². The fourth-order valence-corrected chi connectivity index (χ4v) is 4.47. The van der Waals surface area contributed by atoms with Crippen LogP contribution in [0.3, 0.4) is 0 Å². The van der Waals surface area contributed by atoms with Crippen LogP contribution in [0.15, 0.2) is 42.9 Å². The molecule has 202 valence electrons. The number of amides is 2. The number of phosphoric ester groups is 1. The molecular formula is C24H33N4O8P. The molecule has 0 radical (unpaired) electrons. The van der Waals surface area contributed by atoms with Gasteiger partial charge in [-0.15, -0.1) is 0 Å². The van der Waals surface area contributed by atoms with Crippen LogP contribution in [0.25, 0.3) is 0 Å². The Morgan fingerprint density at radius 1 is 1.14 bits per heavy atom. The second-order valence-corrected chi connectivity index (χ2v) is 10.2. The van der Waals surface area contributed by atoms with Gasteiger partial charge in [-0.25, -0.2) is 9.55 Å². The number of aromatic nitrogens is 2. The number of hydrogen-bond acceptors (Lipinski definition) is 7. The van der Waals surface area contributed by atoms with E-state index < -0.39 is 55.8 Å². The lowest BCUT2D eigenvalue weighted by Gasteiger charge is -2.23. The van der Waals surface area contributed by atoms with Crippen LogP contribution in [0.4, 0.5) is 0 Å². The molecule has 2 aromatic rings. The number of nitrogens with two attached hydrogens (primary N) is 1. The molecule has 1 aromatic carbocycles. The van der Waals surface area contributed by atoms with Crippen molar-refractivity contribution in [1.82, 2.24) is 14.9 Å². The molecule has 37 heavy (non-hydrogen) atoms. The molecule has 2 amide bonds. The normalized spacial score (nSPS) is 14.8. The van der Waals surface area contributed by atoms with E-state index in [9.17, 15) is 23.7 Å². The van der Waals surface area contributed by atoms with Crippen LogP contribution in [0, 0.1) is 11.8 Å². The Morgan fingerprint density at radius 2 is 1.78 bits per heavy atom. The first kappa shape index (κ1) is 30.0. The summed E-state index contributed by atoms with van der Waals surface area (Å²) >= 11 is 0. The van der Waals surface area contributed by atoms with E-state index in [2.05, 4.69) is 14.8 Å². The average molecular weight is 537 g/mol. The van der Waals surface area contributed by atoms with Crippen LogP contribution in [0.5, 0.6) is 0 Å². The minimum absolute atomic E-state index is 0.0552. The molecule has 0 saturated heterocycles. The zero-order valence-electron chi connectivity index (χ0n) is 20.9. The maximum absolute atomic E-state index is 13.1. The first-order valence-corrected chi connectivity index (χ1v) is 13.2. The number of nitrogens with one attached hydrogen (secondary N) is 1. The summed E-state index contributed by atoms with van der Waals surface area (Å²) in [5.41, 5.74) is 7.07. The van der Waals surface area contributed by atoms with Crippen LogP contribution in [-0.2, 0) is 41.2 Å². The van der Waals surface area contributed by atoms with Crippen molar-refractivity contribution >= 4 is 31.2 Å². The number of rotatable bonds is 15. The Labute approximate surface area is 214 Å². The van der Waals surface area contributed by atoms with Gasteiger partial charge in [-0.3, -0.25) is 18.9 Å². The second kappa shape index (κ2) is 13.4. The summed E-state index contributed by atoms with van der Waals surface area (Å²) in [4.78, 5) is 71.6. The molecule has 0 spiro atoms. The quantitative estimate of drug-likeness (QED) is 0.242. The number of phosphoric acid groups is 1. The van der Waals surface area contributed by atoms with E-state index >= 15 is 0 Å². The van der Waals surface area contributed by atoms with E-state index in [1.807, 2.05) is 34.9 Å². The van der Waals surface area contributed by atoms with Gasteiger partial charge in [0, 0.05) is 37.7 Å². The minimum Gasteiger partial charge on any atom is -0.369 e. The monoisotopic (exact) mass is 536 g/mol. The highest BCUT2D eigenvalue weighted by atomic mass is 31.2. The number of imidazole rings is 1. The van der Waals surface area contributed by atoms with Crippen LogP contribution in [0.1, 0.15) is 44.9 Å². The van der Waals surface area contributed by atoms with Crippen molar-refractivity contribution in [3.63, 3.8) is 0 Å². The SMILES string of the molecule is CC(=O)C[C@@H](Cc1cncn1Cc1ccccc1)C(=O)N[C@@H](C)C(=O)C[C@H](C(N)=O)[C@@H](C)OP(=O)(O)O. The zero-order chi connectivity index (χ0) is 27.8. The fourth-order valence-electron chi connectivity index (χ4n) is 3.89. The summed E-state index contributed by atoms with van der Waals surface area (Å²) in [6, 6.07) is 8.60. The molecule has 13 heteroatoms. The number of benzene rings is 1. The number of nitrogens with zero attached hydrogens (tertiary/aromatic N) is 2. The smallest absolute Gasteiger partial charge is 0.369 e. The van der Waals surface area contributed by atoms with Crippen molar-refractivity contribution in [2.75, 3.05) is 0 Å². The molecule has 0 fully saturated rings. The van der Waals surface area contributed by atoms with Gasteiger partial charge in [-0.1, -0.05) is 30.3 Å². The molecule has 0 bridgehead atoms. The lowest BCUT2D eigenvalue weighted by molar-refractivity contribution is -0.134. The Kier molecular flexibility index (Phi) is 10.9. The van der Waals surface area contributed by atoms with Crippen LogP contribution in [0.2, 0.25) is 0 Å². The predicted molar refractivity (Wildman–Crippen MR) is 133 cm³/mol. The maximum Gasteiger partial charge on any atom is 0.469 e. The first-order chi connectivity index (χ1) is 17.3. The van der Waals surface area contributed by atoms with Gasteiger partial charge in [0.05, 0.1) is 30.3 Å². The molecule has 1 aromatic heterocycles. The van der Waals surface area contributed by atoms with Gasteiger partial charge in [-0.05, 0) is 26.3 Å². The van der Waals surface area contributed by atoms with E-state index in [4.69, 9.17) is 15.5 Å². The molecule has 4 atom stereocenters. The highest BCUT2D eigenvalue weighted by Gasteiger charge is 2.33. The summed E-state index contributed by atoms with van der Waals surface area (Å²) in [7, 11) is -4.91. The minimum atomic E-state index is -4.91. The third-order valence-electron chi connectivity index (χ3n) is 5.85. The van der Waals surface area contributed by atoms with Crippen molar-refractivity contribution in [3.05, 3.63) is 54.1 Å². The maximum atomic E-state index is 13.1. The summed E-state index contributed by atoms with van der Waals surface area (Å²) in [5, 5.41) is 2.58. The standard InChI is InChI=1S/C24H33N4O8P/c1-15(29)9-19(10-20-12-26-14-28(20)13-18-7-5-4-6-8-18)24(32)27-16(2)22(30)11-21(23(25)31)17(3)36-37(33,34)35/h4-8,12,14,16-17,19,21H,9-11,13H2,1-3H3,(H2,25,31)(H,27,32)(H2,33,34,35)/t16-,17+,19-,21-/m0/s1. The predicted octanol–water partition coefficient (Wildman–Crippen LogP) is 1.13. The molecule has 0 aliphatic rings. The van der Waals surface area contributed by atoms with Crippen molar-refractivity contribution in [2.45, 2.75) is 58.7 Å². The highest BCUT2D eigenvalue weighted by molar-refractivity contribution is 7.46. The summed E-state index contributed by atoms with van der Waals surface area (Å²) in [6.45, 7) is 4.53. The molecule has 1 heterocycles. The van der Waals surface area contributed by atoms with Gasteiger partial charge in [0.1, 0.15) is 5.78 Å². The summed E-state index contributed by atoms with van der Waals surface area (Å²) < 4.78 is 17.5. The largest absolute Gasteiger partial charge is 0.469 e. The molecular weight excluding hydrogens is 503 g/mol. The van der Waals surface area contributed by atoms with Gasteiger partial charge in [0.2, 0.25) is 11.8 Å². The van der Waals surface area contributed by atoms with Gasteiger partial charge >= 0.3 is 7.82 Å². The van der Waals surface area contributed by atoms with E-state index in [0.29, 0.717) is 6.54 Å². The lowest BCUT2D eigenvalue weighted by Crippen LogP contribution is -2.45. The Balaban J connectivity index is 2.09. The molecule has 2 rings (SSSR count). The highest BCUT2D eigenvalue weighted by Crippen LogP contribution is 2.39. The fraction of sp³-hybridized carbons (Fsp3) is 0.458. The molecule has 12 nitrogen and oxygen atoms in total. The Morgan fingerprint density at radius 3 is 2.35 bits per heavy atom.